The molecule has 1 aromatic heterocycles. The molecule has 174 valence electrons. The Kier molecular flexibility index (Phi) is 5.33. The number of aromatic nitrogens is 1. The number of nitrogens with zero attached hydrogens (tertiary/aromatic N) is 1. The Labute approximate surface area is 199 Å². The summed E-state index contributed by atoms with van der Waals surface area (Å²) in [4.78, 5) is 17.4. The number of pyridine rings is 1. The van der Waals surface area contributed by atoms with Crippen LogP contribution in [0.5, 0.6) is 5.75 Å². The fourth-order valence-corrected chi connectivity index (χ4v) is 4.98. The summed E-state index contributed by atoms with van der Waals surface area (Å²) in [5, 5.41) is 13.3. The lowest BCUT2D eigenvalue weighted by molar-refractivity contribution is -0.160. The number of fused-ring (bicyclic) bond motifs is 1. The molecule has 1 unspecified atom stereocenters. The Hall–Kier alpha value is -3.44. The van der Waals surface area contributed by atoms with Crippen LogP contribution in [0.4, 0.5) is 0 Å². The SMILES string of the molecule is Cc1ccc2cc(C)c(C(OC(C)(C)C)C(=O)O)c(-c3ccc4c5c(ccnc35)CCO4)c2c1. The van der Waals surface area contributed by atoms with Gasteiger partial charge in [-0.3, -0.25) is 4.98 Å². The van der Waals surface area contributed by atoms with Gasteiger partial charge < -0.3 is 14.6 Å². The van der Waals surface area contributed by atoms with E-state index in [9.17, 15) is 9.90 Å². The average molecular weight is 456 g/mol. The Bertz CT molecular complexity index is 1440. The van der Waals surface area contributed by atoms with Gasteiger partial charge in [-0.1, -0.05) is 29.8 Å². The van der Waals surface area contributed by atoms with Crippen LogP contribution in [-0.4, -0.2) is 28.3 Å². The molecule has 3 aromatic carbocycles. The van der Waals surface area contributed by atoms with Gasteiger partial charge in [0.2, 0.25) is 0 Å². The third-order valence-electron chi connectivity index (χ3n) is 6.34. The number of benzene rings is 3. The number of carbonyl (C=O) groups is 1. The standard InChI is InChI=1S/C29H29NO4/c1-16-6-7-19-15-17(2)23(27(28(31)32)34-29(3,4)5)25(21(19)14-16)20-8-9-22-24-18(11-13-33-22)10-12-30-26(20)24/h6-10,12,14-15,27H,11,13H2,1-5H3,(H,31,32). The number of aliphatic carboxylic acids is 1. The molecule has 0 fully saturated rings. The van der Waals surface area contributed by atoms with E-state index < -0.39 is 17.7 Å². The maximum absolute atomic E-state index is 12.6. The Morgan fingerprint density at radius 1 is 1.12 bits per heavy atom. The molecule has 4 aromatic rings. The van der Waals surface area contributed by atoms with E-state index in [-0.39, 0.29) is 0 Å². The van der Waals surface area contributed by atoms with Gasteiger partial charge in [0.1, 0.15) is 5.75 Å². The molecular weight excluding hydrogens is 426 g/mol. The van der Waals surface area contributed by atoms with Crippen molar-refractivity contribution < 1.29 is 19.4 Å². The lowest BCUT2D eigenvalue weighted by Crippen LogP contribution is -2.28. The highest BCUT2D eigenvalue weighted by Gasteiger charge is 2.32. The third-order valence-corrected chi connectivity index (χ3v) is 6.34. The molecule has 2 heterocycles. The molecule has 0 radical (unpaired) electrons. The first-order valence-electron chi connectivity index (χ1n) is 11.6. The van der Waals surface area contributed by atoms with E-state index in [1.54, 1.807) is 0 Å². The van der Waals surface area contributed by atoms with Crippen LogP contribution in [0.2, 0.25) is 0 Å². The third kappa shape index (κ3) is 3.80. The summed E-state index contributed by atoms with van der Waals surface area (Å²) in [5.74, 6) is -0.186. The van der Waals surface area contributed by atoms with Crippen molar-refractivity contribution in [1.82, 2.24) is 4.98 Å². The van der Waals surface area contributed by atoms with Crippen molar-refractivity contribution in [2.45, 2.75) is 52.7 Å². The van der Waals surface area contributed by atoms with Gasteiger partial charge in [-0.25, -0.2) is 4.79 Å². The smallest absolute Gasteiger partial charge is 0.337 e. The number of carboxylic acids is 1. The second kappa shape index (κ2) is 8.10. The van der Waals surface area contributed by atoms with Crippen LogP contribution in [-0.2, 0) is 16.0 Å². The van der Waals surface area contributed by atoms with Crippen molar-refractivity contribution in [1.29, 1.82) is 0 Å². The first kappa shape index (κ1) is 22.4. The highest BCUT2D eigenvalue weighted by molar-refractivity contribution is 6.09. The summed E-state index contributed by atoms with van der Waals surface area (Å²) in [6, 6.07) is 14.4. The molecule has 0 bridgehead atoms. The van der Waals surface area contributed by atoms with E-state index in [0.717, 1.165) is 56.1 Å². The zero-order chi connectivity index (χ0) is 24.2. The maximum atomic E-state index is 12.6. The van der Waals surface area contributed by atoms with Crippen molar-refractivity contribution in [3.8, 4) is 16.9 Å². The summed E-state index contributed by atoms with van der Waals surface area (Å²) in [5.41, 5.74) is 5.78. The molecule has 1 N–H and O–H groups in total. The second-order valence-corrected chi connectivity index (χ2v) is 10.1. The van der Waals surface area contributed by atoms with E-state index in [1.807, 2.05) is 59.0 Å². The highest BCUT2D eigenvalue weighted by atomic mass is 16.5. The van der Waals surface area contributed by atoms with E-state index in [4.69, 9.17) is 14.5 Å². The molecule has 1 aliphatic rings. The normalized spacial score (nSPS) is 14.3. The largest absolute Gasteiger partial charge is 0.493 e. The van der Waals surface area contributed by atoms with Crippen molar-refractivity contribution in [2.75, 3.05) is 6.61 Å². The minimum absolute atomic E-state index is 0.639. The van der Waals surface area contributed by atoms with Gasteiger partial charge in [0.15, 0.2) is 6.10 Å². The minimum Gasteiger partial charge on any atom is -0.493 e. The van der Waals surface area contributed by atoms with E-state index in [0.29, 0.717) is 12.2 Å². The zero-order valence-electron chi connectivity index (χ0n) is 20.2. The predicted molar refractivity (Wildman–Crippen MR) is 135 cm³/mol. The molecular formula is C29H29NO4. The molecule has 0 amide bonds. The number of ether oxygens (including phenoxy) is 2. The summed E-state index contributed by atoms with van der Waals surface area (Å²) >= 11 is 0. The Morgan fingerprint density at radius 2 is 1.91 bits per heavy atom. The molecule has 5 nitrogen and oxygen atoms in total. The summed E-state index contributed by atoms with van der Waals surface area (Å²) < 4.78 is 12.1. The molecule has 34 heavy (non-hydrogen) atoms. The molecule has 0 saturated heterocycles. The summed E-state index contributed by atoms with van der Waals surface area (Å²) in [6.07, 6.45) is 1.53. The average Bonchev–Trinajstić information content (AvgIpc) is 2.77. The van der Waals surface area contributed by atoms with Crippen LogP contribution in [0.3, 0.4) is 0 Å². The fourth-order valence-electron chi connectivity index (χ4n) is 4.98. The number of aryl methyl sites for hydroxylation is 2. The van der Waals surface area contributed by atoms with Crippen LogP contribution >= 0.6 is 0 Å². The molecule has 0 spiro atoms. The van der Waals surface area contributed by atoms with Gasteiger partial charge in [-0.2, -0.15) is 0 Å². The Balaban J connectivity index is 1.92. The predicted octanol–water partition coefficient (Wildman–Crippen LogP) is 6.55. The van der Waals surface area contributed by atoms with Gasteiger partial charge >= 0.3 is 5.97 Å². The molecule has 0 aliphatic carbocycles. The van der Waals surface area contributed by atoms with Crippen LogP contribution in [0.25, 0.3) is 32.8 Å². The number of rotatable bonds is 4. The fraction of sp³-hybridized carbons (Fsp3) is 0.310. The highest BCUT2D eigenvalue weighted by Crippen LogP contribution is 2.45. The van der Waals surface area contributed by atoms with Crippen LogP contribution in [0, 0.1) is 13.8 Å². The van der Waals surface area contributed by atoms with Gasteiger partial charge in [0, 0.05) is 29.1 Å². The topological polar surface area (TPSA) is 68.7 Å². The van der Waals surface area contributed by atoms with Gasteiger partial charge in [-0.15, -0.1) is 0 Å². The lowest BCUT2D eigenvalue weighted by atomic mass is 9.85. The quantitative estimate of drug-likeness (QED) is 0.378. The number of hydrogen-bond donors (Lipinski definition) is 1. The van der Waals surface area contributed by atoms with E-state index in [1.165, 1.54) is 5.56 Å². The molecule has 5 rings (SSSR count). The van der Waals surface area contributed by atoms with Crippen molar-refractivity contribution in [3.63, 3.8) is 0 Å². The molecule has 1 aliphatic heterocycles. The van der Waals surface area contributed by atoms with Crippen LogP contribution in [0.15, 0.2) is 48.7 Å². The van der Waals surface area contributed by atoms with Gasteiger partial charge in [0.05, 0.1) is 17.7 Å². The van der Waals surface area contributed by atoms with Crippen molar-refractivity contribution in [3.05, 3.63) is 70.9 Å². The minimum atomic E-state index is -1.12. The van der Waals surface area contributed by atoms with Gasteiger partial charge in [-0.05, 0) is 80.3 Å². The maximum Gasteiger partial charge on any atom is 0.337 e. The van der Waals surface area contributed by atoms with Crippen LogP contribution in [0.1, 0.15) is 49.1 Å². The molecule has 0 saturated carbocycles. The lowest BCUT2D eigenvalue weighted by Gasteiger charge is -2.29. The van der Waals surface area contributed by atoms with Crippen molar-refractivity contribution in [2.24, 2.45) is 0 Å². The monoisotopic (exact) mass is 455 g/mol. The van der Waals surface area contributed by atoms with Crippen molar-refractivity contribution >= 4 is 27.6 Å². The van der Waals surface area contributed by atoms with Gasteiger partial charge in [0.25, 0.3) is 0 Å². The number of hydrogen-bond acceptors (Lipinski definition) is 4. The Morgan fingerprint density at radius 3 is 2.65 bits per heavy atom. The molecule has 5 heteroatoms. The number of carboxylic acid groups (broad SMARTS) is 1. The van der Waals surface area contributed by atoms with Crippen LogP contribution < -0.4 is 4.74 Å². The summed E-state index contributed by atoms with van der Waals surface area (Å²) in [6.45, 7) is 10.3. The van der Waals surface area contributed by atoms with E-state index >= 15 is 0 Å². The first-order valence-corrected chi connectivity index (χ1v) is 11.6. The zero-order valence-corrected chi connectivity index (χ0v) is 20.2. The van der Waals surface area contributed by atoms with E-state index in [2.05, 4.69) is 24.3 Å². The first-order chi connectivity index (χ1) is 16.1. The summed E-state index contributed by atoms with van der Waals surface area (Å²) in [7, 11) is 0. The molecule has 1 atom stereocenters. The second-order valence-electron chi connectivity index (χ2n) is 10.1.